The molecular weight excluding hydrogens is 186 g/mol. The molecule has 5 heteroatoms. The van der Waals surface area contributed by atoms with Crippen LogP contribution in [0.3, 0.4) is 0 Å². The molecule has 0 aliphatic rings. The van der Waals surface area contributed by atoms with Crippen molar-refractivity contribution in [3.8, 4) is 11.5 Å². The van der Waals surface area contributed by atoms with Crippen molar-refractivity contribution in [2.45, 2.75) is 12.1 Å². The van der Waals surface area contributed by atoms with Gasteiger partial charge < -0.3 is 25.8 Å². The zero-order chi connectivity index (χ0) is 10.7. The van der Waals surface area contributed by atoms with Crippen LogP contribution in [0, 0.1) is 0 Å². The Hall–Kier alpha value is -1.59. The summed E-state index contributed by atoms with van der Waals surface area (Å²) in [6.07, 6.45) is -0.770. The molecule has 0 fully saturated rings. The molecule has 1 rings (SSSR count). The molecule has 0 aliphatic heterocycles. The Balaban J connectivity index is 2.96. The van der Waals surface area contributed by atoms with Crippen LogP contribution in [-0.2, 0) is 4.79 Å². The second kappa shape index (κ2) is 4.08. The molecule has 5 nitrogen and oxygen atoms in total. The van der Waals surface area contributed by atoms with Crippen LogP contribution < -0.4 is 5.73 Å². The van der Waals surface area contributed by atoms with E-state index in [4.69, 9.17) is 15.9 Å². The predicted octanol–water partition coefficient (Wildman–Crippen LogP) is -0.343. The minimum Gasteiger partial charge on any atom is -0.504 e. The van der Waals surface area contributed by atoms with Crippen LogP contribution >= 0.6 is 0 Å². The van der Waals surface area contributed by atoms with E-state index in [0.29, 0.717) is 6.29 Å². The molecule has 0 spiro atoms. The van der Waals surface area contributed by atoms with Crippen LogP contribution in [0.2, 0.25) is 0 Å². The van der Waals surface area contributed by atoms with E-state index in [9.17, 15) is 9.90 Å². The fourth-order valence-corrected chi connectivity index (χ4v) is 1.02. The Morgan fingerprint density at radius 3 is 2.43 bits per heavy atom. The summed E-state index contributed by atoms with van der Waals surface area (Å²) in [7, 11) is 0. The lowest BCUT2D eigenvalue weighted by molar-refractivity contribution is -0.111. The summed E-state index contributed by atoms with van der Waals surface area (Å²) >= 11 is 0. The Labute approximate surface area is 80.4 Å². The molecule has 0 saturated carbocycles. The van der Waals surface area contributed by atoms with E-state index >= 15 is 0 Å². The molecule has 0 bridgehead atoms. The Bertz CT molecular complexity index is 340. The normalized spacial score (nSPS) is 14.7. The highest BCUT2D eigenvalue weighted by atomic mass is 16.3. The molecular formula is C9H11NO4. The van der Waals surface area contributed by atoms with Gasteiger partial charge >= 0.3 is 0 Å². The number of carbonyl (C=O) groups is 1. The van der Waals surface area contributed by atoms with Crippen molar-refractivity contribution in [2.24, 2.45) is 5.73 Å². The number of aliphatic hydroxyl groups excluding tert-OH is 1. The summed E-state index contributed by atoms with van der Waals surface area (Å²) in [4.78, 5) is 10.3. The van der Waals surface area contributed by atoms with Gasteiger partial charge in [-0.1, -0.05) is 6.07 Å². The lowest BCUT2D eigenvalue weighted by Gasteiger charge is -2.13. The summed E-state index contributed by atoms with van der Waals surface area (Å²) in [6.45, 7) is 0. The zero-order valence-electron chi connectivity index (χ0n) is 7.29. The highest BCUT2D eigenvalue weighted by Crippen LogP contribution is 2.28. The van der Waals surface area contributed by atoms with Crippen molar-refractivity contribution in [1.82, 2.24) is 0 Å². The van der Waals surface area contributed by atoms with Gasteiger partial charge in [-0.25, -0.2) is 0 Å². The van der Waals surface area contributed by atoms with Gasteiger partial charge in [-0.3, -0.25) is 0 Å². The van der Waals surface area contributed by atoms with Crippen LogP contribution in [-0.4, -0.2) is 27.6 Å². The van der Waals surface area contributed by atoms with E-state index in [1.807, 2.05) is 0 Å². The average Bonchev–Trinajstić information content (AvgIpc) is 2.20. The van der Waals surface area contributed by atoms with E-state index in [-0.39, 0.29) is 17.1 Å². The van der Waals surface area contributed by atoms with Crippen LogP contribution in [0.5, 0.6) is 11.5 Å². The molecule has 14 heavy (non-hydrogen) atoms. The van der Waals surface area contributed by atoms with Crippen LogP contribution in [0.25, 0.3) is 0 Å². The fourth-order valence-electron chi connectivity index (χ4n) is 1.02. The number of hydrogen-bond acceptors (Lipinski definition) is 5. The monoisotopic (exact) mass is 197 g/mol. The third-order valence-corrected chi connectivity index (χ3v) is 1.86. The number of rotatable bonds is 3. The highest BCUT2D eigenvalue weighted by Gasteiger charge is 2.17. The minimum absolute atomic E-state index is 0.278. The van der Waals surface area contributed by atoms with Gasteiger partial charge in [0.2, 0.25) is 0 Å². The maximum absolute atomic E-state index is 10.3. The number of aromatic hydroxyl groups is 2. The number of benzene rings is 1. The molecule has 1 aromatic carbocycles. The largest absolute Gasteiger partial charge is 0.504 e. The summed E-state index contributed by atoms with van der Waals surface area (Å²) in [5.74, 6) is -0.653. The van der Waals surface area contributed by atoms with E-state index < -0.39 is 12.1 Å². The first-order valence-corrected chi connectivity index (χ1v) is 3.97. The second-order valence-corrected chi connectivity index (χ2v) is 2.91. The van der Waals surface area contributed by atoms with Gasteiger partial charge in [-0.2, -0.15) is 0 Å². The fraction of sp³-hybridized carbons (Fsp3) is 0.222. The molecule has 0 radical (unpaired) electrons. The van der Waals surface area contributed by atoms with E-state index in [1.165, 1.54) is 12.1 Å². The number of phenols is 2. The molecule has 76 valence electrons. The molecule has 0 aromatic heterocycles. The van der Waals surface area contributed by atoms with Gasteiger partial charge in [0.25, 0.3) is 0 Å². The Morgan fingerprint density at radius 1 is 1.29 bits per heavy atom. The summed E-state index contributed by atoms with van der Waals surface area (Å²) in [5, 5.41) is 27.6. The SMILES string of the molecule is N[C@H](C=O)C(O)c1ccc(O)c(O)c1. The first-order valence-electron chi connectivity index (χ1n) is 3.97. The van der Waals surface area contributed by atoms with Crippen LogP contribution in [0.1, 0.15) is 11.7 Å². The highest BCUT2D eigenvalue weighted by molar-refractivity contribution is 5.59. The van der Waals surface area contributed by atoms with E-state index in [2.05, 4.69) is 0 Å². The minimum atomic E-state index is -1.18. The Morgan fingerprint density at radius 2 is 1.93 bits per heavy atom. The van der Waals surface area contributed by atoms with Gasteiger partial charge in [0.05, 0.1) is 6.04 Å². The summed E-state index contributed by atoms with van der Waals surface area (Å²) < 4.78 is 0. The molecule has 2 atom stereocenters. The van der Waals surface area contributed by atoms with Gasteiger partial charge in [-0.05, 0) is 17.7 Å². The quantitative estimate of drug-likeness (QED) is 0.392. The second-order valence-electron chi connectivity index (χ2n) is 2.91. The van der Waals surface area contributed by atoms with Crippen molar-refractivity contribution in [2.75, 3.05) is 0 Å². The number of phenolic OH excluding ortho intramolecular Hbond substituents is 2. The van der Waals surface area contributed by atoms with E-state index in [0.717, 1.165) is 6.07 Å². The molecule has 0 heterocycles. The van der Waals surface area contributed by atoms with Crippen molar-refractivity contribution in [1.29, 1.82) is 0 Å². The number of hydrogen-bond donors (Lipinski definition) is 4. The lowest BCUT2D eigenvalue weighted by Crippen LogP contribution is -2.29. The van der Waals surface area contributed by atoms with Gasteiger partial charge in [0, 0.05) is 0 Å². The van der Waals surface area contributed by atoms with Gasteiger partial charge in [0.1, 0.15) is 12.4 Å². The van der Waals surface area contributed by atoms with Crippen molar-refractivity contribution in [3.63, 3.8) is 0 Å². The van der Waals surface area contributed by atoms with Gasteiger partial charge in [-0.15, -0.1) is 0 Å². The number of aldehydes is 1. The average molecular weight is 197 g/mol. The van der Waals surface area contributed by atoms with Crippen LogP contribution in [0.15, 0.2) is 18.2 Å². The first kappa shape index (κ1) is 10.5. The molecule has 1 unspecified atom stereocenters. The molecule has 1 aromatic rings. The Kier molecular flexibility index (Phi) is 3.06. The smallest absolute Gasteiger partial charge is 0.157 e. The third kappa shape index (κ3) is 2.01. The molecule has 0 amide bonds. The van der Waals surface area contributed by atoms with Crippen LogP contribution in [0.4, 0.5) is 0 Å². The number of nitrogens with two attached hydrogens (primary N) is 1. The maximum atomic E-state index is 10.3. The first-order chi connectivity index (χ1) is 6.56. The standard InChI is InChI=1S/C9H11NO4/c10-6(4-11)9(14)5-1-2-7(12)8(13)3-5/h1-4,6,9,12-14H,10H2/t6-,9?/m1/s1. The van der Waals surface area contributed by atoms with Crippen molar-refractivity contribution < 1.29 is 20.1 Å². The topological polar surface area (TPSA) is 104 Å². The molecule has 5 N–H and O–H groups in total. The predicted molar refractivity (Wildman–Crippen MR) is 48.8 cm³/mol. The lowest BCUT2D eigenvalue weighted by atomic mass is 10.0. The molecule has 0 aliphatic carbocycles. The zero-order valence-corrected chi connectivity index (χ0v) is 7.29. The van der Waals surface area contributed by atoms with Crippen molar-refractivity contribution >= 4 is 6.29 Å². The maximum Gasteiger partial charge on any atom is 0.157 e. The number of aliphatic hydroxyl groups is 1. The third-order valence-electron chi connectivity index (χ3n) is 1.86. The molecule has 0 saturated heterocycles. The summed E-state index contributed by atoms with van der Waals surface area (Å²) in [5.41, 5.74) is 5.55. The number of carbonyl (C=O) groups excluding carboxylic acids is 1. The van der Waals surface area contributed by atoms with E-state index in [1.54, 1.807) is 0 Å². The van der Waals surface area contributed by atoms with Gasteiger partial charge in [0.15, 0.2) is 11.5 Å². The summed E-state index contributed by atoms with van der Waals surface area (Å²) in [6, 6.07) is 2.71. The van der Waals surface area contributed by atoms with Crippen molar-refractivity contribution in [3.05, 3.63) is 23.8 Å².